The van der Waals surface area contributed by atoms with E-state index >= 15 is 0 Å². The molecule has 21 heavy (non-hydrogen) atoms. The van der Waals surface area contributed by atoms with Crippen molar-refractivity contribution in [3.8, 4) is 0 Å². The Balaban J connectivity index is 2.16. The zero-order valence-electron chi connectivity index (χ0n) is 12.8. The summed E-state index contributed by atoms with van der Waals surface area (Å²) in [6, 6.07) is 1.27. The van der Waals surface area contributed by atoms with Gasteiger partial charge in [0.05, 0.1) is 11.9 Å². The van der Waals surface area contributed by atoms with Crippen LogP contribution in [0.25, 0.3) is 0 Å². The van der Waals surface area contributed by atoms with Crippen molar-refractivity contribution in [1.29, 1.82) is 0 Å². The van der Waals surface area contributed by atoms with Crippen molar-refractivity contribution in [3.63, 3.8) is 0 Å². The number of alkyl carbamates (subject to hydrolysis) is 1. The maximum atomic E-state index is 12.4. The number of anilines is 1. The summed E-state index contributed by atoms with van der Waals surface area (Å²) in [5.41, 5.74) is 1.22. The first kappa shape index (κ1) is 15.3. The summed E-state index contributed by atoms with van der Waals surface area (Å²) in [6.07, 6.45) is 3.24. The van der Waals surface area contributed by atoms with Crippen LogP contribution in [-0.2, 0) is 16.0 Å². The molecule has 1 N–H and O–H groups in total. The average molecular weight is 291 g/mol. The molecule has 6 heteroatoms. The number of nitrogens with one attached hydrogen (secondary N) is 1. The lowest BCUT2D eigenvalue weighted by atomic mass is 9.99. The Labute approximate surface area is 124 Å². The first-order valence-corrected chi connectivity index (χ1v) is 7.05. The average Bonchev–Trinajstić information content (AvgIpc) is 2.37. The largest absolute Gasteiger partial charge is 0.444 e. The van der Waals surface area contributed by atoms with E-state index in [2.05, 4.69) is 10.3 Å². The van der Waals surface area contributed by atoms with Crippen LogP contribution < -0.4 is 10.2 Å². The van der Waals surface area contributed by atoms with Gasteiger partial charge in [0, 0.05) is 19.2 Å². The number of hydrogen-bond acceptors (Lipinski definition) is 4. The highest BCUT2D eigenvalue weighted by atomic mass is 16.6. The fraction of sp³-hybridized carbons (Fsp3) is 0.533. The minimum absolute atomic E-state index is 0.135. The molecule has 2 heterocycles. The van der Waals surface area contributed by atoms with Gasteiger partial charge in [-0.15, -0.1) is 0 Å². The zero-order valence-corrected chi connectivity index (χ0v) is 12.8. The quantitative estimate of drug-likeness (QED) is 0.903. The molecule has 2 amide bonds. The molecule has 1 aromatic rings. The van der Waals surface area contributed by atoms with E-state index in [-0.39, 0.29) is 5.91 Å². The lowest BCUT2D eigenvalue weighted by molar-refractivity contribution is -0.121. The van der Waals surface area contributed by atoms with Crippen molar-refractivity contribution in [2.24, 2.45) is 0 Å². The van der Waals surface area contributed by atoms with Gasteiger partial charge < -0.3 is 15.0 Å². The minimum atomic E-state index is -0.602. The van der Waals surface area contributed by atoms with Crippen molar-refractivity contribution < 1.29 is 14.3 Å². The summed E-state index contributed by atoms with van der Waals surface area (Å²) in [6.45, 7) is 7.78. The number of pyridine rings is 1. The van der Waals surface area contributed by atoms with Crippen LogP contribution in [0.2, 0.25) is 0 Å². The van der Waals surface area contributed by atoms with Crippen LogP contribution in [0.3, 0.4) is 0 Å². The van der Waals surface area contributed by atoms with Gasteiger partial charge in [-0.2, -0.15) is 0 Å². The van der Waals surface area contributed by atoms with Gasteiger partial charge >= 0.3 is 6.09 Å². The molecule has 0 spiro atoms. The summed E-state index contributed by atoms with van der Waals surface area (Å²) in [5, 5.41) is 2.66. The van der Waals surface area contributed by atoms with Crippen LogP contribution in [0.5, 0.6) is 0 Å². The van der Waals surface area contributed by atoms with Crippen LogP contribution in [-0.4, -0.2) is 35.2 Å². The Hall–Kier alpha value is -2.11. The molecule has 1 unspecified atom stereocenters. The van der Waals surface area contributed by atoms with E-state index in [9.17, 15) is 9.59 Å². The standard InChI is InChI=1S/C15H21N3O3/c1-5-18-12-9-16-7-6-10(12)8-11(13(18)19)17-14(20)21-15(2,3)4/h6-7,9,11H,5,8H2,1-4H3,(H,17,20). The fourth-order valence-corrected chi connectivity index (χ4v) is 2.33. The third kappa shape index (κ3) is 3.51. The van der Waals surface area contributed by atoms with Crippen molar-refractivity contribution in [3.05, 3.63) is 24.0 Å². The van der Waals surface area contributed by atoms with Gasteiger partial charge in [0.25, 0.3) is 0 Å². The number of carbonyl (C=O) groups is 2. The second kappa shape index (κ2) is 5.71. The predicted molar refractivity (Wildman–Crippen MR) is 79.1 cm³/mol. The maximum absolute atomic E-state index is 12.4. The topological polar surface area (TPSA) is 71.5 Å². The molecule has 0 bridgehead atoms. The molecule has 0 fully saturated rings. The van der Waals surface area contributed by atoms with Crippen LogP contribution in [0, 0.1) is 0 Å². The second-order valence-electron chi connectivity index (χ2n) is 5.99. The summed E-state index contributed by atoms with van der Waals surface area (Å²) in [4.78, 5) is 30.0. The molecule has 1 aliphatic heterocycles. The van der Waals surface area contributed by atoms with Gasteiger partial charge in [0.2, 0.25) is 5.91 Å². The number of rotatable bonds is 2. The lowest BCUT2D eigenvalue weighted by Crippen LogP contribution is -2.53. The van der Waals surface area contributed by atoms with Crippen molar-refractivity contribution in [2.75, 3.05) is 11.4 Å². The Morgan fingerprint density at radius 2 is 2.24 bits per heavy atom. The SMILES string of the molecule is CCN1C(=O)C(NC(=O)OC(C)(C)C)Cc2ccncc21. The molecule has 1 aromatic heterocycles. The first-order chi connectivity index (χ1) is 9.81. The van der Waals surface area contributed by atoms with E-state index in [1.54, 1.807) is 38.1 Å². The summed E-state index contributed by atoms with van der Waals surface area (Å²) in [5.74, 6) is -0.135. The molecular weight excluding hydrogens is 270 g/mol. The van der Waals surface area contributed by atoms with E-state index in [4.69, 9.17) is 4.74 Å². The molecule has 0 radical (unpaired) electrons. The molecule has 0 saturated heterocycles. The monoisotopic (exact) mass is 291 g/mol. The van der Waals surface area contributed by atoms with Crippen LogP contribution in [0.15, 0.2) is 18.5 Å². The fourth-order valence-electron chi connectivity index (χ4n) is 2.33. The number of nitrogens with zero attached hydrogens (tertiary/aromatic N) is 2. The van der Waals surface area contributed by atoms with Crippen LogP contribution in [0.1, 0.15) is 33.3 Å². The Kier molecular flexibility index (Phi) is 4.16. The van der Waals surface area contributed by atoms with Crippen LogP contribution >= 0.6 is 0 Å². The number of fused-ring (bicyclic) bond motifs is 1. The van der Waals surface area contributed by atoms with Crippen molar-refractivity contribution >= 4 is 17.7 Å². The van der Waals surface area contributed by atoms with E-state index in [1.807, 2.05) is 13.0 Å². The van der Waals surface area contributed by atoms with Gasteiger partial charge in [-0.25, -0.2) is 4.79 Å². The molecule has 114 valence electrons. The first-order valence-electron chi connectivity index (χ1n) is 7.05. The summed E-state index contributed by atoms with van der Waals surface area (Å²) < 4.78 is 5.21. The summed E-state index contributed by atoms with van der Waals surface area (Å²) in [7, 11) is 0. The van der Waals surface area contributed by atoms with E-state index in [0.717, 1.165) is 11.3 Å². The number of hydrogen-bond donors (Lipinski definition) is 1. The molecule has 1 aliphatic rings. The van der Waals surface area contributed by atoms with E-state index in [1.165, 1.54) is 0 Å². The van der Waals surface area contributed by atoms with Crippen LogP contribution in [0.4, 0.5) is 10.5 Å². The Morgan fingerprint density at radius 3 is 2.86 bits per heavy atom. The molecule has 2 rings (SSSR count). The smallest absolute Gasteiger partial charge is 0.408 e. The highest BCUT2D eigenvalue weighted by Crippen LogP contribution is 2.26. The lowest BCUT2D eigenvalue weighted by Gasteiger charge is -2.33. The third-order valence-electron chi connectivity index (χ3n) is 3.17. The van der Waals surface area contributed by atoms with Gasteiger partial charge in [0.15, 0.2) is 0 Å². The van der Waals surface area contributed by atoms with E-state index in [0.29, 0.717) is 13.0 Å². The Bertz CT molecular complexity index is 551. The van der Waals surface area contributed by atoms with Crippen molar-refractivity contribution in [2.45, 2.75) is 45.8 Å². The number of ether oxygens (including phenoxy) is 1. The molecule has 6 nitrogen and oxygen atoms in total. The highest BCUT2D eigenvalue weighted by molar-refractivity contribution is 6.01. The minimum Gasteiger partial charge on any atom is -0.444 e. The number of likely N-dealkylation sites (N-methyl/N-ethyl adjacent to an activating group) is 1. The highest BCUT2D eigenvalue weighted by Gasteiger charge is 2.34. The zero-order chi connectivity index (χ0) is 15.6. The molecule has 1 atom stereocenters. The maximum Gasteiger partial charge on any atom is 0.408 e. The number of amides is 2. The number of carbonyl (C=O) groups excluding carboxylic acids is 2. The third-order valence-corrected chi connectivity index (χ3v) is 3.17. The molecular formula is C15H21N3O3. The molecule has 0 saturated carbocycles. The second-order valence-corrected chi connectivity index (χ2v) is 5.99. The number of aromatic nitrogens is 1. The van der Waals surface area contributed by atoms with Gasteiger partial charge in [-0.1, -0.05) is 0 Å². The van der Waals surface area contributed by atoms with E-state index < -0.39 is 17.7 Å². The Morgan fingerprint density at radius 1 is 1.52 bits per heavy atom. The summed E-state index contributed by atoms with van der Waals surface area (Å²) >= 11 is 0. The van der Waals surface area contributed by atoms with Gasteiger partial charge in [-0.05, 0) is 39.3 Å². The molecule has 0 aliphatic carbocycles. The van der Waals surface area contributed by atoms with Gasteiger partial charge in [0.1, 0.15) is 11.6 Å². The molecule has 0 aromatic carbocycles. The van der Waals surface area contributed by atoms with Gasteiger partial charge in [-0.3, -0.25) is 9.78 Å². The predicted octanol–water partition coefficient (Wildman–Crippen LogP) is 1.88. The van der Waals surface area contributed by atoms with Crippen molar-refractivity contribution in [1.82, 2.24) is 10.3 Å². The normalized spacial score (nSPS) is 18.2.